The minimum absolute atomic E-state index is 0.0721. The SMILES string of the molecule is COCCOCCOCCCC(=O)[C@@H](CCC(=O)OCc1ccccc1)NC(=O)[C@@H](CCC(=O)OCc1ccccc1)NC(=O)[C@@H](CCC(=O)OCc1ccccc1)NC(=O)[C@@H](CCC(=O)OCc1ccccc1)NC(=O)[C@@H](CCC(=O)OCc1ccccc1)NC(=O)[C@H](CCC(=O)OCc1ccccc1)CC(=O)[C@@H](CC(C)C)NC(=O)[C@@H](CC(=O)[C@H](CC(=O)O)NC(C)=O)Cc1ccc(O)cc1. The Morgan fingerprint density at radius 1 is 0.290 bits per heavy atom. The van der Waals surface area contributed by atoms with Gasteiger partial charge >= 0.3 is 41.8 Å². The van der Waals surface area contributed by atoms with Gasteiger partial charge in [0.2, 0.25) is 41.4 Å². The van der Waals surface area contributed by atoms with Crippen molar-refractivity contribution in [2.75, 3.05) is 40.1 Å². The summed E-state index contributed by atoms with van der Waals surface area (Å²) in [5.74, 6) is -20.0. The lowest BCUT2D eigenvalue weighted by Gasteiger charge is -2.28. The lowest BCUT2D eigenvalue weighted by molar-refractivity contribution is -0.147. The molecule has 9 atom stereocenters. The maximum Gasteiger partial charge on any atom is 0.306 e. The Morgan fingerprint density at radius 2 is 0.580 bits per heavy atom. The van der Waals surface area contributed by atoms with Gasteiger partial charge in [-0.2, -0.15) is 0 Å². The highest BCUT2D eigenvalue weighted by Gasteiger charge is 2.38. The Morgan fingerprint density at radius 3 is 0.913 bits per heavy atom. The van der Waals surface area contributed by atoms with Gasteiger partial charge in [-0.3, -0.25) is 81.5 Å². The molecule has 7 rings (SSSR count). The number of carboxylic acid groups (broad SMARTS) is 1. The standard InChI is InChI=1S/C103H125N7O28/c1-69(2)58-86(110-99(125)79(59-71-37-40-80(112)41-38-71)61-90(115)87(62-91(116)117)104-70(3)111)89(114)60-78(39-47-92(118)133-63-72-24-11-5-12-25-72)98(124)106-82(43-49-94(120)135-65-74-28-15-7-16-29-74)101(127)108-84(45-51-96(122)137-67-76-32-19-9-20-33-76)103(129)109-85(46-52-97(123)138-68-77-34-21-10-22-35-77)102(128)107-83(44-50-95(121)136-66-75-30-17-8-18-31-75)100(126)105-81(42-48-93(119)134-64-73-26-13-6-14-27-73)88(113)36-23-53-131-56-57-132-55-54-130-4/h5-22,24-35,37-38,40-41,69,78-79,81-87,112H,23,36,39,42-68H2,1-4H3,(H,104,111)(H,105,126)(H,106,124)(H,107,128)(H,108,127)(H,109,129)(H,110,125)(H,116,117)/t78-,79-,81-,82-,83-,84-,85-,86-,87+/m1/s1. The van der Waals surface area contributed by atoms with Crippen molar-refractivity contribution >= 4 is 100 Å². The Hall–Kier alpha value is -14.2. The maximum atomic E-state index is 15.7. The van der Waals surface area contributed by atoms with Crippen LogP contribution in [0, 0.1) is 17.8 Å². The van der Waals surface area contributed by atoms with E-state index >= 15 is 28.8 Å². The van der Waals surface area contributed by atoms with Crippen LogP contribution in [0.1, 0.15) is 175 Å². The van der Waals surface area contributed by atoms with E-state index in [1.165, 1.54) is 31.4 Å². The van der Waals surface area contributed by atoms with Crippen LogP contribution < -0.4 is 37.2 Å². The Labute approximate surface area is 801 Å². The highest BCUT2D eigenvalue weighted by molar-refractivity contribution is 6.00. The summed E-state index contributed by atoms with van der Waals surface area (Å²) in [7, 11) is 1.53. The van der Waals surface area contributed by atoms with Crippen molar-refractivity contribution in [3.8, 4) is 5.75 Å². The number of methoxy groups -OCH3 is 1. The normalized spacial score (nSPS) is 12.9. The second-order valence-corrected chi connectivity index (χ2v) is 33.4. The largest absolute Gasteiger partial charge is 0.508 e. The topological polar surface area (TPSA) is 498 Å². The lowest BCUT2D eigenvalue weighted by atomic mass is 9.88. The minimum Gasteiger partial charge on any atom is -0.508 e. The summed E-state index contributed by atoms with van der Waals surface area (Å²) in [6.07, 6.45) is -9.59. The summed E-state index contributed by atoms with van der Waals surface area (Å²) in [5, 5.41) is 38.0. The van der Waals surface area contributed by atoms with Crippen molar-refractivity contribution in [2.24, 2.45) is 17.8 Å². The van der Waals surface area contributed by atoms with Crippen LogP contribution in [0.2, 0.25) is 0 Å². The molecule has 138 heavy (non-hydrogen) atoms. The molecule has 9 N–H and O–H groups in total. The number of aromatic hydroxyl groups is 1. The molecule has 0 saturated carbocycles. The molecule has 740 valence electrons. The third-order valence-corrected chi connectivity index (χ3v) is 21.7. The number of carbonyl (C=O) groups excluding carboxylic acids is 16. The molecule has 0 aliphatic carbocycles. The van der Waals surface area contributed by atoms with E-state index in [0.29, 0.717) is 52.2 Å². The van der Waals surface area contributed by atoms with E-state index in [1.54, 1.807) is 196 Å². The highest BCUT2D eigenvalue weighted by atomic mass is 16.6. The van der Waals surface area contributed by atoms with Crippen LogP contribution in [0.25, 0.3) is 0 Å². The number of phenols is 1. The molecule has 7 aromatic rings. The smallest absolute Gasteiger partial charge is 0.306 e. The summed E-state index contributed by atoms with van der Waals surface area (Å²) < 4.78 is 49.8. The van der Waals surface area contributed by atoms with Crippen molar-refractivity contribution < 1.29 is 134 Å². The predicted octanol–water partition coefficient (Wildman–Crippen LogP) is 9.19. The molecule has 35 heteroatoms. The van der Waals surface area contributed by atoms with Gasteiger partial charge in [0.05, 0.1) is 51.0 Å². The van der Waals surface area contributed by atoms with Crippen molar-refractivity contribution in [1.82, 2.24) is 37.2 Å². The molecule has 0 aliphatic rings. The summed E-state index contributed by atoms with van der Waals surface area (Å²) in [4.78, 5) is 243. The van der Waals surface area contributed by atoms with Crippen LogP contribution >= 0.6 is 0 Å². The second-order valence-electron chi connectivity index (χ2n) is 33.4. The molecule has 7 aromatic carbocycles. The number of carbonyl (C=O) groups is 17. The number of hydrogen-bond donors (Lipinski definition) is 9. The quantitative estimate of drug-likeness (QED) is 0.00973. The van der Waals surface area contributed by atoms with Gasteiger partial charge in [0.15, 0.2) is 17.3 Å². The fraction of sp³-hybridized carbons (Fsp3) is 0.427. The van der Waals surface area contributed by atoms with Crippen LogP contribution in [0.5, 0.6) is 5.75 Å². The number of aliphatic carboxylic acids is 1. The number of carboxylic acids is 1. The number of esters is 6. The van der Waals surface area contributed by atoms with Crippen LogP contribution in [0.3, 0.4) is 0 Å². The molecular formula is C103H125N7O28. The van der Waals surface area contributed by atoms with E-state index in [0.717, 1.165) is 6.92 Å². The molecule has 0 aliphatic heterocycles. The van der Waals surface area contributed by atoms with E-state index < -0.39 is 250 Å². The molecule has 0 heterocycles. The first-order chi connectivity index (χ1) is 66.4. The van der Waals surface area contributed by atoms with Crippen LogP contribution in [0.4, 0.5) is 0 Å². The van der Waals surface area contributed by atoms with Crippen molar-refractivity contribution in [2.45, 2.75) is 225 Å². The molecular weight excluding hydrogens is 1780 g/mol. The Bertz CT molecular complexity index is 5020. The van der Waals surface area contributed by atoms with Gasteiger partial charge in [0.25, 0.3) is 0 Å². The van der Waals surface area contributed by atoms with Crippen molar-refractivity contribution in [3.05, 3.63) is 245 Å². The second kappa shape index (κ2) is 62.5. The Balaban J connectivity index is 1.27. The molecule has 0 fully saturated rings. The monoisotopic (exact) mass is 1910 g/mol. The molecule has 0 saturated heterocycles. The van der Waals surface area contributed by atoms with Gasteiger partial charge in [-0.1, -0.05) is 208 Å². The van der Waals surface area contributed by atoms with Crippen LogP contribution in [0.15, 0.2) is 206 Å². The van der Waals surface area contributed by atoms with E-state index in [2.05, 4.69) is 37.2 Å². The zero-order valence-electron chi connectivity index (χ0n) is 78.1. The van der Waals surface area contributed by atoms with Crippen LogP contribution in [-0.2, 0) is 170 Å². The molecule has 0 spiro atoms. The van der Waals surface area contributed by atoms with Gasteiger partial charge in [0, 0.05) is 90.3 Å². The van der Waals surface area contributed by atoms with Gasteiger partial charge in [-0.25, -0.2) is 0 Å². The third-order valence-electron chi connectivity index (χ3n) is 21.7. The number of ether oxygens (including phenoxy) is 9. The predicted molar refractivity (Wildman–Crippen MR) is 500 cm³/mol. The number of hydrogen-bond acceptors (Lipinski definition) is 27. The first-order valence-electron chi connectivity index (χ1n) is 45.9. The summed E-state index contributed by atoms with van der Waals surface area (Å²) >= 11 is 0. The van der Waals surface area contributed by atoms with E-state index in [1.807, 2.05) is 0 Å². The van der Waals surface area contributed by atoms with E-state index in [9.17, 15) is 63.0 Å². The summed E-state index contributed by atoms with van der Waals surface area (Å²) in [6, 6.07) is 44.7. The number of ketones is 3. The van der Waals surface area contributed by atoms with E-state index in [-0.39, 0.29) is 97.3 Å². The fourth-order valence-corrected chi connectivity index (χ4v) is 14.2. The van der Waals surface area contributed by atoms with Gasteiger partial charge in [0.1, 0.15) is 69.6 Å². The Kier molecular flexibility index (Phi) is 50.2. The third kappa shape index (κ3) is 45.0. The summed E-state index contributed by atoms with van der Waals surface area (Å²) in [5.41, 5.74) is 3.94. The molecule has 35 nitrogen and oxygen atoms in total. The number of benzene rings is 7. The van der Waals surface area contributed by atoms with Gasteiger partial charge in [-0.15, -0.1) is 0 Å². The first-order valence-corrected chi connectivity index (χ1v) is 45.9. The number of amides is 7. The van der Waals surface area contributed by atoms with Crippen molar-refractivity contribution in [1.29, 1.82) is 0 Å². The molecule has 0 radical (unpaired) electrons. The zero-order valence-corrected chi connectivity index (χ0v) is 78.1. The van der Waals surface area contributed by atoms with E-state index in [4.69, 9.17) is 42.6 Å². The highest BCUT2D eigenvalue weighted by Crippen LogP contribution is 2.24. The molecule has 0 bridgehead atoms. The molecule has 7 amide bonds. The molecule has 0 aromatic heterocycles. The number of Topliss-reactive ketones (excluding diaryl/α,β-unsaturated/α-hetero) is 3. The summed E-state index contributed by atoms with van der Waals surface area (Å²) in [6.45, 7) is 4.30. The number of rotatable bonds is 66. The van der Waals surface area contributed by atoms with Crippen LogP contribution in [-0.4, -0.2) is 193 Å². The minimum atomic E-state index is -1.98. The average Bonchev–Trinajstić information content (AvgIpc) is 0.839. The average molecular weight is 1910 g/mol. The van der Waals surface area contributed by atoms with Crippen molar-refractivity contribution in [3.63, 3.8) is 0 Å². The number of phenolic OH excluding ortho intramolecular Hbond substituents is 1. The van der Waals surface area contributed by atoms with Gasteiger partial charge < -0.3 is 90.1 Å². The molecule has 0 unspecified atom stereocenters. The zero-order chi connectivity index (χ0) is 99.8. The van der Waals surface area contributed by atoms with Gasteiger partial charge in [-0.05, 0) is 115 Å². The maximum absolute atomic E-state index is 15.7. The fourth-order valence-electron chi connectivity index (χ4n) is 14.2. The lowest BCUT2D eigenvalue weighted by Crippen LogP contribution is -2.59. The first kappa shape index (κ1) is 111. The number of nitrogens with one attached hydrogen (secondary N) is 7.